The average molecular weight is 419 g/mol. The molecule has 1 N–H and O–H groups in total. The minimum Gasteiger partial charge on any atom is -0.324 e. The summed E-state index contributed by atoms with van der Waals surface area (Å²) in [5.41, 5.74) is 1.16. The Labute approximate surface area is 146 Å². The van der Waals surface area contributed by atoms with Crippen molar-refractivity contribution in [1.82, 2.24) is 9.78 Å². The molecule has 0 aliphatic rings. The lowest BCUT2D eigenvalue weighted by Gasteiger charge is -2.09. The van der Waals surface area contributed by atoms with Crippen molar-refractivity contribution >= 4 is 45.0 Å². The van der Waals surface area contributed by atoms with Gasteiger partial charge in [-0.05, 0) is 59.8 Å². The molecule has 5 nitrogen and oxygen atoms in total. The minimum absolute atomic E-state index is 0.115. The summed E-state index contributed by atoms with van der Waals surface area (Å²) in [7, 11) is 0. The van der Waals surface area contributed by atoms with Crippen molar-refractivity contribution in [3.05, 3.63) is 68.1 Å². The van der Waals surface area contributed by atoms with Crippen molar-refractivity contribution < 1.29 is 4.79 Å². The molecule has 0 unspecified atom stereocenters. The summed E-state index contributed by atoms with van der Waals surface area (Å²) in [6.07, 6.45) is 0. The smallest absolute Gasteiger partial charge is 0.275 e. The molecule has 23 heavy (non-hydrogen) atoms. The van der Waals surface area contributed by atoms with Crippen LogP contribution in [0.15, 0.2) is 53.3 Å². The fraction of sp³-hybridized carbons (Fsp3) is 0.118. The number of hydrogen-bond acceptors (Lipinski definition) is 3. The molecule has 0 atom stereocenters. The molecule has 1 heterocycles. The third-order valence-electron chi connectivity index (χ3n) is 3.47. The Morgan fingerprint density at radius 3 is 2.48 bits per heavy atom. The molecule has 1 amide bonds. The quantitative estimate of drug-likeness (QED) is 0.665. The van der Waals surface area contributed by atoms with E-state index in [-0.39, 0.29) is 18.0 Å². The van der Waals surface area contributed by atoms with E-state index in [1.165, 1.54) is 4.68 Å². The molecular formula is C17H14IN3O2. The summed E-state index contributed by atoms with van der Waals surface area (Å²) in [6.45, 7) is 1.71. The predicted octanol–water partition coefficient (Wildman–Crippen LogP) is 2.95. The van der Waals surface area contributed by atoms with E-state index < -0.39 is 0 Å². The number of hydrogen-bond donors (Lipinski definition) is 1. The van der Waals surface area contributed by atoms with E-state index in [0.29, 0.717) is 11.1 Å². The van der Waals surface area contributed by atoms with Crippen LogP contribution in [0.2, 0.25) is 0 Å². The van der Waals surface area contributed by atoms with E-state index in [9.17, 15) is 9.59 Å². The minimum atomic E-state index is -0.282. The van der Waals surface area contributed by atoms with Crippen molar-refractivity contribution in [2.45, 2.75) is 13.5 Å². The molecule has 1 aromatic heterocycles. The number of carbonyl (C=O) groups excluding carboxylic acids is 1. The van der Waals surface area contributed by atoms with Gasteiger partial charge in [-0.1, -0.05) is 18.2 Å². The van der Waals surface area contributed by atoms with Crippen LogP contribution in [0.3, 0.4) is 0 Å². The summed E-state index contributed by atoms with van der Waals surface area (Å²) in [4.78, 5) is 24.6. The molecule has 0 saturated heterocycles. The first kappa shape index (κ1) is 15.7. The number of halogens is 1. The van der Waals surface area contributed by atoms with Crippen LogP contribution < -0.4 is 10.9 Å². The molecule has 3 aromatic rings. The van der Waals surface area contributed by atoms with Gasteiger partial charge >= 0.3 is 0 Å². The third-order valence-corrected chi connectivity index (χ3v) is 4.19. The number of carbonyl (C=O) groups is 1. The highest BCUT2D eigenvalue weighted by molar-refractivity contribution is 14.1. The molecule has 0 radical (unpaired) electrons. The average Bonchev–Trinajstić information content (AvgIpc) is 2.54. The van der Waals surface area contributed by atoms with E-state index in [2.05, 4.69) is 33.0 Å². The summed E-state index contributed by atoms with van der Waals surface area (Å²) in [6, 6.07) is 14.7. The Bertz CT molecular complexity index is 933. The van der Waals surface area contributed by atoms with Gasteiger partial charge < -0.3 is 5.32 Å². The molecule has 2 aromatic carbocycles. The van der Waals surface area contributed by atoms with Gasteiger partial charge in [0.25, 0.3) is 5.56 Å². The van der Waals surface area contributed by atoms with Crippen LogP contribution in [0.4, 0.5) is 5.69 Å². The Morgan fingerprint density at radius 2 is 1.78 bits per heavy atom. The van der Waals surface area contributed by atoms with Gasteiger partial charge in [-0.3, -0.25) is 9.59 Å². The lowest BCUT2D eigenvalue weighted by atomic mass is 10.1. The van der Waals surface area contributed by atoms with E-state index in [1.807, 2.05) is 43.3 Å². The van der Waals surface area contributed by atoms with Gasteiger partial charge in [-0.15, -0.1) is 0 Å². The van der Waals surface area contributed by atoms with Crippen LogP contribution in [-0.2, 0) is 11.3 Å². The Balaban J connectivity index is 1.86. The second-order valence-electron chi connectivity index (χ2n) is 5.15. The van der Waals surface area contributed by atoms with Gasteiger partial charge in [0.05, 0.1) is 11.1 Å². The van der Waals surface area contributed by atoms with Crippen LogP contribution in [0.25, 0.3) is 10.8 Å². The Kier molecular flexibility index (Phi) is 4.42. The highest BCUT2D eigenvalue weighted by Crippen LogP contribution is 2.13. The van der Waals surface area contributed by atoms with Crippen molar-refractivity contribution in [3.63, 3.8) is 0 Å². The number of fused-ring (bicyclic) bond motifs is 1. The van der Waals surface area contributed by atoms with Gasteiger partial charge in [0, 0.05) is 14.6 Å². The number of amides is 1. The van der Waals surface area contributed by atoms with Crippen LogP contribution in [0.1, 0.15) is 5.69 Å². The fourth-order valence-corrected chi connectivity index (χ4v) is 2.74. The summed E-state index contributed by atoms with van der Waals surface area (Å²) < 4.78 is 2.29. The molecule has 0 saturated carbocycles. The third kappa shape index (κ3) is 3.42. The maximum atomic E-state index is 12.4. The monoisotopic (exact) mass is 419 g/mol. The highest BCUT2D eigenvalue weighted by atomic mass is 127. The van der Waals surface area contributed by atoms with Crippen molar-refractivity contribution in [2.75, 3.05) is 5.32 Å². The molecule has 3 rings (SSSR count). The highest BCUT2D eigenvalue weighted by Gasteiger charge is 2.10. The molecule has 0 bridgehead atoms. The topological polar surface area (TPSA) is 64.0 Å². The number of benzene rings is 2. The normalized spacial score (nSPS) is 10.7. The molecular weight excluding hydrogens is 405 g/mol. The standard InChI is InChI=1S/C17H14IN3O2/c1-11-14-4-2-3-5-15(14)17(23)21(20-11)10-16(22)19-13-8-6-12(18)7-9-13/h2-9H,10H2,1H3,(H,19,22). The van der Waals surface area contributed by atoms with Crippen molar-refractivity contribution in [3.8, 4) is 0 Å². The first-order valence-electron chi connectivity index (χ1n) is 7.06. The van der Waals surface area contributed by atoms with Gasteiger partial charge in [0.15, 0.2) is 0 Å². The van der Waals surface area contributed by atoms with Gasteiger partial charge in [0.1, 0.15) is 6.54 Å². The van der Waals surface area contributed by atoms with Gasteiger partial charge in [-0.2, -0.15) is 5.10 Å². The lowest BCUT2D eigenvalue weighted by Crippen LogP contribution is -2.30. The number of rotatable bonds is 3. The second kappa shape index (κ2) is 6.49. The number of aryl methyl sites for hydroxylation is 1. The maximum absolute atomic E-state index is 12.4. The van der Waals surface area contributed by atoms with E-state index in [4.69, 9.17) is 0 Å². The Morgan fingerprint density at radius 1 is 1.13 bits per heavy atom. The van der Waals surface area contributed by atoms with E-state index in [0.717, 1.165) is 14.7 Å². The van der Waals surface area contributed by atoms with Crippen LogP contribution >= 0.6 is 22.6 Å². The van der Waals surface area contributed by atoms with E-state index >= 15 is 0 Å². The maximum Gasteiger partial charge on any atom is 0.275 e. The van der Waals surface area contributed by atoms with Crippen LogP contribution in [0, 0.1) is 10.5 Å². The molecule has 0 aliphatic heterocycles. The van der Waals surface area contributed by atoms with Crippen LogP contribution in [0.5, 0.6) is 0 Å². The molecule has 6 heteroatoms. The lowest BCUT2D eigenvalue weighted by molar-refractivity contribution is -0.117. The number of aromatic nitrogens is 2. The van der Waals surface area contributed by atoms with Crippen LogP contribution in [-0.4, -0.2) is 15.7 Å². The van der Waals surface area contributed by atoms with Gasteiger partial charge in [-0.25, -0.2) is 4.68 Å². The molecule has 0 spiro atoms. The second-order valence-corrected chi connectivity index (χ2v) is 6.39. The zero-order chi connectivity index (χ0) is 16.4. The first-order chi connectivity index (χ1) is 11.0. The van der Waals surface area contributed by atoms with Crippen molar-refractivity contribution in [2.24, 2.45) is 0 Å². The zero-order valence-corrected chi connectivity index (χ0v) is 14.6. The predicted molar refractivity (Wildman–Crippen MR) is 98.5 cm³/mol. The zero-order valence-electron chi connectivity index (χ0n) is 12.4. The number of nitrogens with one attached hydrogen (secondary N) is 1. The summed E-state index contributed by atoms with van der Waals surface area (Å²) in [5, 5.41) is 8.39. The fourth-order valence-electron chi connectivity index (χ4n) is 2.38. The SMILES string of the molecule is Cc1nn(CC(=O)Nc2ccc(I)cc2)c(=O)c2ccccc12. The Hall–Kier alpha value is -2.22. The number of nitrogens with zero attached hydrogens (tertiary/aromatic N) is 2. The van der Waals surface area contributed by atoms with Gasteiger partial charge in [0.2, 0.25) is 5.91 Å². The molecule has 116 valence electrons. The van der Waals surface area contributed by atoms with E-state index in [1.54, 1.807) is 12.1 Å². The largest absolute Gasteiger partial charge is 0.324 e. The molecule has 0 fully saturated rings. The molecule has 0 aliphatic carbocycles. The summed E-state index contributed by atoms with van der Waals surface area (Å²) in [5.74, 6) is -0.282. The van der Waals surface area contributed by atoms with Crippen molar-refractivity contribution in [1.29, 1.82) is 0 Å². The number of anilines is 1. The summed E-state index contributed by atoms with van der Waals surface area (Å²) >= 11 is 2.20. The first-order valence-corrected chi connectivity index (χ1v) is 8.14.